The average molecular weight is 352 g/mol. The van der Waals surface area contributed by atoms with Crippen molar-refractivity contribution >= 4 is 22.4 Å². The Labute approximate surface area is 151 Å². The Morgan fingerprint density at radius 1 is 1.12 bits per heavy atom. The number of rotatable bonds is 5. The number of carbonyl (C=O) groups is 1. The van der Waals surface area contributed by atoms with E-state index >= 15 is 0 Å². The molecule has 25 heavy (non-hydrogen) atoms. The lowest BCUT2D eigenvalue weighted by Crippen LogP contribution is -2.20. The van der Waals surface area contributed by atoms with Crippen LogP contribution in [0.25, 0.3) is 11.3 Å². The number of amides is 1. The summed E-state index contributed by atoms with van der Waals surface area (Å²) in [5.41, 5.74) is 4.13. The molecule has 0 aliphatic carbocycles. The van der Waals surface area contributed by atoms with Crippen LogP contribution in [0.15, 0.2) is 48.5 Å². The van der Waals surface area contributed by atoms with Gasteiger partial charge in [-0.25, -0.2) is 4.98 Å². The molecule has 0 atom stereocenters. The van der Waals surface area contributed by atoms with Gasteiger partial charge in [0.05, 0.1) is 5.69 Å². The van der Waals surface area contributed by atoms with Crippen LogP contribution in [-0.4, -0.2) is 17.5 Å². The van der Waals surface area contributed by atoms with Crippen molar-refractivity contribution in [2.45, 2.75) is 20.8 Å². The molecule has 0 saturated carbocycles. The number of hydrogen-bond acceptors (Lipinski definition) is 4. The topological polar surface area (TPSA) is 51.2 Å². The van der Waals surface area contributed by atoms with E-state index in [4.69, 9.17) is 4.74 Å². The normalized spacial score (nSPS) is 10.5. The van der Waals surface area contributed by atoms with E-state index in [1.165, 1.54) is 16.9 Å². The lowest BCUT2D eigenvalue weighted by atomic mass is 10.1. The summed E-state index contributed by atoms with van der Waals surface area (Å²) in [5.74, 6) is 0.509. The van der Waals surface area contributed by atoms with Gasteiger partial charge in [-0.3, -0.25) is 10.1 Å². The fourth-order valence-electron chi connectivity index (χ4n) is 2.57. The zero-order valence-corrected chi connectivity index (χ0v) is 15.3. The minimum Gasteiger partial charge on any atom is -0.483 e. The fraction of sp³-hybridized carbons (Fsp3) is 0.200. The molecule has 0 aliphatic heterocycles. The Morgan fingerprint density at radius 2 is 1.88 bits per heavy atom. The van der Waals surface area contributed by atoms with E-state index in [-0.39, 0.29) is 12.5 Å². The summed E-state index contributed by atoms with van der Waals surface area (Å²) in [6.07, 6.45) is 0. The Hall–Kier alpha value is -2.66. The highest BCUT2D eigenvalue weighted by Crippen LogP contribution is 2.30. The smallest absolute Gasteiger partial charge is 0.264 e. The second-order valence-corrected chi connectivity index (χ2v) is 7.10. The summed E-state index contributed by atoms with van der Waals surface area (Å²) in [7, 11) is 0. The van der Waals surface area contributed by atoms with Crippen molar-refractivity contribution in [3.63, 3.8) is 0 Å². The number of benzene rings is 2. The number of hydrogen-bond donors (Lipinski definition) is 1. The molecule has 0 bridgehead atoms. The van der Waals surface area contributed by atoms with E-state index in [1.54, 1.807) is 0 Å². The van der Waals surface area contributed by atoms with Gasteiger partial charge in [0.25, 0.3) is 5.91 Å². The minimum atomic E-state index is -0.215. The predicted octanol–water partition coefficient (Wildman–Crippen LogP) is 4.75. The van der Waals surface area contributed by atoms with E-state index in [2.05, 4.69) is 10.3 Å². The van der Waals surface area contributed by atoms with E-state index < -0.39 is 0 Å². The van der Waals surface area contributed by atoms with Gasteiger partial charge in [0, 0.05) is 10.4 Å². The number of nitrogens with one attached hydrogen (secondary N) is 1. The summed E-state index contributed by atoms with van der Waals surface area (Å²) in [6, 6.07) is 15.8. The van der Waals surface area contributed by atoms with Crippen LogP contribution in [0.3, 0.4) is 0 Å². The van der Waals surface area contributed by atoms with Crippen molar-refractivity contribution in [1.82, 2.24) is 4.98 Å². The summed E-state index contributed by atoms with van der Waals surface area (Å²) >= 11 is 1.47. The first-order valence-electron chi connectivity index (χ1n) is 8.05. The van der Waals surface area contributed by atoms with Gasteiger partial charge in [0.1, 0.15) is 5.75 Å². The maximum atomic E-state index is 12.2. The van der Waals surface area contributed by atoms with E-state index in [0.29, 0.717) is 5.13 Å². The average Bonchev–Trinajstić information content (AvgIpc) is 2.95. The van der Waals surface area contributed by atoms with Gasteiger partial charge >= 0.3 is 0 Å². The van der Waals surface area contributed by atoms with Gasteiger partial charge in [-0.15, -0.1) is 11.3 Å². The van der Waals surface area contributed by atoms with Crippen LogP contribution in [0.5, 0.6) is 5.75 Å². The third kappa shape index (κ3) is 4.25. The van der Waals surface area contributed by atoms with Crippen molar-refractivity contribution in [3.05, 3.63) is 64.5 Å². The Bertz CT molecular complexity index is 888. The second-order valence-electron chi connectivity index (χ2n) is 5.90. The zero-order chi connectivity index (χ0) is 17.8. The number of carbonyl (C=O) groups excluding carboxylic acids is 1. The first-order valence-corrected chi connectivity index (χ1v) is 8.87. The molecule has 1 heterocycles. The van der Waals surface area contributed by atoms with Crippen molar-refractivity contribution in [3.8, 4) is 17.0 Å². The molecular weight excluding hydrogens is 332 g/mol. The molecule has 0 unspecified atom stereocenters. The van der Waals surface area contributed by atoms with Crippen molar-refractivity contribution < 1.29 is 9.53 Å². The third-order valence-electron chi connectivity index (χ3n) is 3.78. The predicted molar refractivity (Wildman–Crippen MR) is 102 cm³/mol. The summed E-state index contributed by atoms with van der Waals surface area (Å²) in [6.45, 7) is 5.96. The zero-order valence-electron chi connectivity index (χ0n) is 14.5. The molecule has 5 heteroatoms. The second kappa shape index (κ2) is 7.49. The SMILES string of the molecule is Cc1ccc(OCC(=O)Nc2nc(-c3ccccc3)c(C)s2)c(C)c1. The van der Waals surface area contributed by atoms with Crippen LogP contribution < -0.4 is 10.1 Å². The number of anilines is 1. The molecule has 2 aromatic carbocycles. The molecule has 0 spiro atoms. The number of thiazole rings is 1. The Morgan fingerprint density at radius 3 is 2.60 bits per heavy atom. The lowest BCUT2D eigenvalue weighted by Gasteiger charge is -2.09. The maximum Gasteiger partial charge on any atom is 0.264 e. The van der Waals surface area contributed by atoms with Crippen LogP contribution in [0.4, 0.5) is 5.13 Å². The van der Waals surface area contributed by atoms with Gasteiger partial charge in [0.2, 0.25) is 0 Å². The molecule has 0 aliphatic rings. The molecule has 1 aromatic heterocycles. The van der Waals surface area contributed by atoms with Crippen LogP contribution in [0, 0.1) is 20.8 Å². The maximum absolute atomic E-state index is 12.2. The largest absolute Gasteiger partial charge is 0.483 e. The molecular formula is C20H20N2O2S. The summed E-state index contributed by atoms with van der Waals surface area (Å²) < 4.78 is 5.61. The van der Waals surface area contributed by atoms with Crippen LogP contribution in [0.1, 0.15) is 16.0 Å². The van der Waals surface area contributed by atoms with Gasteiger partial charge in [-0.1, -0.05) is 48.0 Å². The molecule has 0 radical (unpaired) electrons. The molecule has 128 valence electrons. The number of aryl methyl sites for hydroxylation is 3. The molecule has 1 N–H and O–H groups in total. The van der Waals surface area contributed by atoms with Crippen molar-refractivity contribution in [2.75, 3.05) is 11.9 Å². The molecule has 0 fully saturated rings. The quantitative estimate of drug-likeness (QED) is 0.721. The summed E-state index contributed by atoms with van der Waals surface area (Å²) in [4.78, 5) is 17.8. The first kappa shape index (κ1) is 17.2. The van der Waals surface area contributed by atoms with Gasteiger partial charge in [-0.2, -0.15) is 0 Å². The lowest BCUT2D eigenvalue weighted by molar-refractivity contribution is -0.118. The molecule has 3 rings (SSSR count). The number of ether oxygens (including phenoxy) is 1. The Kier molecular flexibility index (Phi) is 5.14. The standard InChI is InChI=1S/C20H20N2O2S/c1-13-9-10-17(14(2)11-13)24-12-18(23)21-20-22-19(15(3)25-20)16-7-5-4-6-8-16/h4-11H,12H2,1-3H3,(H,21,22,23). The van der Waals surface area contributed by atoms with Crippen LogP contribution in [-0.2, 0) is 4.79 Å². The fourth-order valence-corrected chi connectivity index (χ4v) is 3.43. The third-order valence-corrected chi connectivity index (χ3v) is 4.67. The molecule has 1 amide bonds. The van der Waals surface area contributed by atoms with Gasteiger partial charge < -0.3 is 4.74 Å². The van der Waals surface area contributed by atoms with E-state index in [9.17, 15) is 4.79 Å². The number of aromatic nitrogens is 1. The van der Waals surface area contributed by atoms with Crippen LogP contribution in [0.2, 0.25) is 0 Å². The highest BCUT2D eigenvalue weighted by molar-refractivity contribution is 7.16. The van der Waals surface area contributed by atoms with Crippen molar-refractivity contribution in [1.29, 1.82) is 0 Å². The van der Waals surface area contributed by atoms with E-state index in [0.717, 1.165) is 27.4 Å². The monoisotopic (exact) mass is 352 g/mol. The van der Waals surface area contributed by atoms with Crippen LogP contribution >= 0.6 is 11.3 Å². The Balaban J connectivity index is 1.63. The molecule has 3 aromatic rings. The highest BCUT2D eigenvalue weighted by Gasteiger charge is 2.12. The van der Waals surface area contributed by atoms with Gasteiger partial charge in [-0.05, 0) is 32.4 Å². The summed E-state index contributed by atoms with van der Waals surface area (Å²) in [5, 5.41) is 3.41. The molecule has 0 saturated heterocycles. The van der Waals surface area contributed by atoms with Gasteiger partial charge in [0.15, 0.2) is 11.7 Å². The highest BCUT2D eigenvalue weighted by atomic mass is 32.1. The molecule has 4 nitrogen and oxygen atoms in total. The van der Waals surface area contributed by atoms with E-state index in [1.807, 2.05) is 69.3 Å². The number of nitrogens with zero attached hydrogens (tertiary/aromatic N) is 1. The minimum absolute atomic E-state index is 0.0385. The first-order chi connectivity index (χ1) is 12.0. The van der Waals surface area contributed by atoms with Crippen molar-refractivity contribution in [2.24, 2.45) is 0 Å².